The number of carbonyl (C=O) groups excluding carboxylic acids is 9. The van der Waals surface area contributed by atoms with Gasteiger partial charge in [-0.15, -0.1) is 0 Å². The zero-order valence-electron chi connectivity index (χ0n) is 30.9. The minimum atomic E-state index is -2.08. The molecular formula is C32H44O22. The third kappa shape index (κ3) is 13.8. The van der Waals surface area contributed by atoms with Gasteiger partial charge in [-0.25, -0.2) is 0 Å². The average molecular weight is 781 g/mol. The van der Waals surface area contributed by atoms with Crippen molar-refractivity contribution in [3.8, 4) is 0 Å². The lowest BCUT2D eigenvalue weighted by atomic mass is 9.93. The maximum Gasteiger partial charge on any atom is 0.303 e. The van der Waals surface area contributed by atoms with Crippen LogP contribution in [0.15, 0.2) is 0 Å². The maximum absolute atomic E-state index is 12.4. The molecule has 0 aliphatic carbocycles. The van der Waals surface area contributed by atoms with Crippen LogP contribution in [0.25, 0.3) is 0 Å². The second-order valence-corrected chi connectivity index (χ2v) is 11.8. The monoisotopic (exact) mass is 780 g/mol. The van der Waals surface area contributed by atoms with Crippen LogP contribution in [0, 0.1) is 0 Å². The molecule has 0 aromatic rings. The van der Waals surface area contributed by atoms with Crippen LogP contribution in [0.4, 0.5) is 0 Å². The van der Waals surface area contributed by atoms with Crippen LogP contribution in [0.3, 0.4) is 0 Å². The average Bonchev–Trinajstić information content (AvgIpc) is 3.01. The van der Waals surface area contributed by atoms with E-state index in [1.54, 1.807) is 0 Å². The SMILES string of the molecule is CC(=O)OC[C@H](OC(C)=O)[C@H]1O[C@H](OC[C@H](OC(C)=O)[C@H]2O[C@H](O)[C@@H](OC(C)=O)[C@@H](OC(C)=O)[C@@H]2OC(C)=O)[C@@H](OC(C)=O)[C@@H](OC(C)=O)[C@@H]1OC(C)=O. The van der Waals surface area contributed by atoms with Crippen LogP contribution in [0.1, 0.15) is 62.3 Å². The summed E-state index contributed by atoms with van der Waals surface area (Å²) in [6.07, 6.45) is -21.3. The Morgan fingerprint density at radius 3 is 1.20 bits per heavy atom. The summed E-state index contributed by atoms with van der Waals surface area (Å²) in [5.41, 5.74) is 0. The molecule has 0 spiro atoms. The fourth-order valence-electron chi connectivity index (χ4n) is 5.56. The molecule has 54 heavy (non-hydrogen) atoms. The van der Waals surface area contributed by atoms with Gasteiger partial charge in [0.15, 0.2) is 61.4 Å². The lowest BCUT2D eigenvalue weighted by Crippen LogP contribution is -2.66. The first-order valence-corrected chi connectivity index (χ1v) is 16.2. The minimum absolute atomic E-state index is 0.690. The molecule has 0 aromatic carbocycles. The fourth-order valence-corrected chi connectivity index (χ4v) is 5.56. The number of hydrogen-bond donors (Lipinski definition) is 1. The zero-order chi connectivity index (χ0) is 41.0. The van der Waals surface area contributed by atoms with Crippen molar-refractivity contribution in [3.05, 3.63) is 0 Å². The van der Waals surface area contributed by atoms with Gasteiger partial charge in [0, 0.05) is 62.3 Å². The molecule has 0 bridgehead atoms. The zero-order valence-corrected chi connectivity index (χ0v) is 30.9. The molecule has 304 valence electrons. The van der Waals surface area contributed by atoms with Crippen molar-refractivity contribution in [3.63, 3.8) is 0 Å². The van der Waals surface area contributed by atoms with Gasteiger partial charge >= 0.3 is 53.7 Å². The minimum Gasteiger partial charge on any atom is -0.462 e. The van der Waals surface area contributed by atoms with E-state index in [1.165, 1.54) is 0 Å². The molecule has 2 fully saturated rings. The van der Waals surface area contributed by atoms with Crippen molar-refractivity contribution >= 4 is 53.7 Å². The fraction of sp³-hybridized carbons (Fsp3) is 0.719. The van der Waals surface area contributed by atoms with E-state index in [4.69, 9.17) is 56.8 Å². The van der Waals surface area contributed by atoms with E-state index in [0.717, 1.165) is 62.3 Å². The number of hydrogen-bond acceptors (Lipinski definition) is 22. The molecule has 22 heteroatoms. The molecule has 0 unspecified atom stereocenters. The number of aliphatic hydroxyl groups excluding tert-OH is 1. The third-order valence-corrected chi connectivity index (χ3v) is 7.14. The summed E-state index contributed by atoms with van der Waals surface area (Å²) in [4.78, 5) is 109. The van der Waals surface area contributed by atoms with Crippen LogP contribution in [0.2, 0.25) is 0 Å². The quantitative estimate of drug-likeness (QED) is 0.146. The molecule has 2 saturated heterocycles. The summed E-state index contributed by atoms with van der Waals surface area (Å²) < 4.78 is 65.2. The summed E-state index contributed by atoms with van der Waals surface area (Å²) >= 11 is 0. The van der Waals surface area contributed by atoms with Gasteiger partial charge in [-0.1, -0.05) is 0 Å². The normalized spacial score (nSPS) is 28.8. The Morgan fingerprint density at radius 1 is 0.444 bits per heavy atom. The predicted molar refractivity (Wildman–Crippen MR) is 167 cm³/mol. The summed E-state index contributed by atoms with van der Waals surface area (Å²) in [7, 11) is 0. The Labute approximate surface area is 308 Å². The van der Waals surface area contributed by atoms with E-state index in [-0.39, 0.29) is 0 Å². The predicted octanol–water partition coefficient (Wildman–Crippen LogP) is -1.54. The number of aliphatic hydroxyl groups is 1. The molecule has 2 aliphatic heterocycles. The molecule has 2 rings (SSSR count). The molecule has 1 N–H and O–H groups in total. The van der Waals surface area contributed by atoms with Crippen molar-refractivity contribution in [2.45, 2.75) is 136 Å². The van der Waals surface area contributed by atoms with E-state index in [2.05, 4.69) is 0 Å². The first-order valence-electron chi connectivity index (χ1n) is 16.2. The maximum atomic E-state index is 12.4. The number of rotatable bonds is 15. The van der Waals surface area contributed by atoms with Crippen LogP contribution < -0.4 is 0 Å². The largest absolute Gasteiger partial charge is 0.462 e. The van der Waals surface area contributed by atoms with Gasteiger partial charge in [0.2, 0.25) is 0 Å². The van der Waals surface area contributed by atoms with Gasteiger partial charge in [-0.3, -0.25) is 43.2 Å². The lowest BCUT2D eigenvalue weighted by molar-refractivity contribution is -0.331. The number of esters is 9. The summed E-state index contributed by atoms with van der Waals surface area (Å²) in [6, 6.07) is 0. The van der Waals surface area contributed by atoms with Gasteiger partial charge in [0.25, 0.3) is 0 Å². The van der Waals surface area contributed by atoms with Gasteiger partial charge in [0.05, 0.1) is 6.61 Å². The molecular weight excluding hydrogens is 736 g/mol. The molecule has 2 aliphatic rings. The molecule has 0 aromatic heterocycles. The van der Waals surface area contributed by atoms with E-state index in [1.807, 2.05) is 0 Å². The van der Waals surface area contributed by atoms with Gasteiger partial charge in [-0.2, -0.15) is 0 Å². The van der Waals surface area contributed by atoms with Crippen LogP contribution in [-0.4, -0.2) is 146 Å². The van der Waals surface area contributed by atoms with E-state index in [0.29, 0.717) is 0 Å². The topological polar surface area (TPSA) is 285 Å². The lowest BCUT2D eigenvalue weighted by Gasteiger charge is -2.47. The standard InChI is InChI=1S/C32H44O22/c1-12(33)43-10-21(45-13(2)34)24-26(48-16(5)37)28(50-18(7)39)30(52-20(9)41)32(54-24)44-11-22(46-14(3)35)23-25(47-15(4)36)27(49-17(6)38)29(31(42)53-23)51-19(8)40/h21-32,42H,10-11H2,1-9H3/t21-,22-,23+,24+,25+,26+,27-,28-,29-,30-,31-,32-/m0/s1. The molecule has 2 heterocycles. The van der Waals surface area contributed by atoms with Crippen LogP contribution in [0.5, 0.6) is 0 Å². The van der Waals surface area contributed by atoms with E-state index >= 15 is 0 Å². The highest BCUT2D eigenvalue weighted by atomic mass is 16.7. The van der Waals surface area contributed by atoms with Gasteiger partial charge in [-0.05, 0) is 0 Å². The second-order valence-electron chi connectivity index (χ2n) is 11.8. The van der Waals surface area contributed by atoms with Crippen LogP contribution >= 0.6 is 0 Å². The highest BCUT2D eigenvalue weighted by Crippen LogP contribution is 2.34. The van der Waals surface area contributed by atoms with E-state index in [9.17, 15) is 48.3 Å². The summed E-state index contributed by atoms with van der Waals surface area (Å²) in [6.45, 7) is 7.28. The first-order chi connectivity index (χ1) is 25.1. The summed E-state index contributed by atoms with van der Waals surface area (Å²) in [5.74, 6) is -8.57. The van der Waals surface area contributed by atoms with Crippen molar-refractivity contribution in [1.29, 1.82) is 0 Å². The molecule has 0 saturated carbocycles. The Morgan fingerprint density at radius 2 is 0.796 bits per heavy atom. The Bertz CT molecular complexity index is 1410. The van der Waals surface area contributed by atoms with Crippen molar-refractivity contribution < 1.29 is 105 Å². The second kappa shape index (κ2) is 20.5. The third-order valence-electron chi connectivity index (χ3n) is 7.14. The molecule has 0 radical (unpaired) electrons. The van der Waals surface area contributed by atoms with Crippen LogP contribution in [-0.2, 0) is 100.0 Å². The van der Waals surface area contributed by atoms with Gasteiger partial charge < -0.3 is 61.9 Å². The number of ether oxygens (including phenoxy) is 12. The first kappa shape index (κ1) is 45.2. The Kier molecular flexibility index (Phi) is 17.2. The molecule has 0 amide bonds. The van der Waals surface area contributed by atoms with E-state index < -0.39 is 141 Å². The van der Waals surface area contributed by atoms with Crippen molar-refractivity contribution in [2.75, 3.05) is 13.2 Å². The summed E-state index contributed by atoms with van der Waals surface area (Å²) in [5, 5.41) is 10.9. The smallest absolute Gasteiger partial charge is 0.303 e. The van der Waals surface area contributed by atoms with Gasteiger partial charge in [0.1, 0.15) is 18.8 Å². The Balaban J connectivity index is 2.71. The highest BCUT2D eigenvalue weighted by Gasteiger charge is 2.57. The molecule has 12 atom stereocenters. The van der Waals surface area contributed by atoms with Crippen molar-refractivity contribution in [2.24, 2.45) is 0 Å². The molecule has 22 nitrogen and oxygen atoms in total. The van der Waals surface area contributed by atoms with Crippen molar-refractivity contribution in [1.82, 2.24) is 0 Å². The number of carbonyl (C=O) groups is 9. The Hall–Kier alpha value is -4.93. The highest BCUT2D eigenvalue weighted by molar-refractivity contribution is 5.70.